The predicted octanol–water partition coefficient (Wildman–Crippen LogP) is 4.35. The number of likely N-dealkylation sites (tertiary alicyclic amines) is 1. The molecule has 0 spiro atoms. The maximum atomic E-state index is 13.3. The third kappa shape index (κ3) is 2.85. The van der Waals surface area contributed by atoms with Crippen molar-refractivity contribution in [1.29, 1.82) is 0 Å². The van der Waals surface area contributed by atoms with Crippen molar-refractivity contribution in [3.05, 3.63) is 47.4 Å². The molecular weight excluding hydrogens is 333 g/mol. The van der Waals surface area contributed by atoms with Gasteiger partial charge < -0.3 is 9.42 Å². The number of halogens is 1. The van der Waals surface area contributed by atoms with Crippen molar-refractivity contribution in [3.8, 4) is 11.3 Å². The van der Waals surface area contributed by atoms with E-state index in [9.17, 15) is 9.18 Å². The van der Waals surface area contributed by atoms with Gasteiger partial charge in [0.15, 0.2) is 0 Å². The summed E-state index contributed by atoms with van der Waals surface area (Å²) in [4.78, 5) is 19.7. The molecule has 1 aromatic carbocycles. The number of piperidine rings is 1. The fraction of sp³-hybridized carbons (Fsp3) is 0.350. The van der Waals surface area contributed by atoms with Crippen LogP contribution in [0.1, 0.15) is 42.2 Å². The number of aromatic nitrogens is 2. The molecule has 3 heterocycles. The molecule has 134 valence electrons. The Balaban J connectivity index is 1.85. The molecule has 1 fully saturated rings. The van der Waals surface area contributed by atoms with Crippen molar-refractivity contribution >= 4 is 17.0 Å². The van der Waals surface area contributed by atoms with E-state index in [-0.39, 0.29) is 17.8 Å². The average molecular weight is 353 g/mol. The molecule has 1 aliphatic heterocycles. The van der Waals surface area contributed by atoms with E-state index in [1.807, 2.05) is 11.8 Å². The molecule has 26 heavy (non-hydrogen) atoms. The van der Waals surface area contributed by atoms with E-state index in [1.165, 1.54) is 12.1 Å². The first-order valence-electron chi connectivity index (χ1n) is 8.88. The maximum Gasteiger partial charge on any atom is 0.259 e. The van der Waals surface area contributed by atoms with Crippen LogP contribution in [0.25, 0.3) is 22.4 Å². The SMILES string of the molecule is Cc1noc2nc(-c3ccc(F)cc3)cc(C(=O)N3CCCCC3C)c12. The van der Waals surface area contributed by atoms with Gasteiger partial charge in [0.05, 0.1) is 22.3 Å². The van der Waals surface area contributed by atoms with Crippen LogP contribution >= 0.6 is 0 Å². The summed E-state index contributed by atoms with van der Waals surface area (Å²) in [6, 6.07) is 8.01. The van der Waals surface area contributed by atoms with Crippen molar-refractivity contribution in [2.45, 2.75) is 39.2 Å². The zero-order valence-electron chi connectivity index (χ0n) is 14.8. The molecule has 1 amide bonds. The molecule has 0 aliphatic carbocycles. The number of aryl methyl sites for hydroxylation is 1. The van der Waals surface area contributed by atoms with Crippen molar-refractivity contribution in [2.24, 2.45) is 0 Å². The number of hydrogen-bond acceptors (Lipinski definition) is 4. The van der Waals surface area contributed by atoms with E-state index >= 15 is 0 Å². The largest absolute Gasteiger partial charge is 0.336 e. The molecule has 0 saturated carbocycles. The lowest BCUT2D eigenvalue weighted by atomic mass is 10.00. The Hall–Kier alpha value is -2.76. The number of pyridine rings is 1. The van der Waals surface area contributed by atoms with E-state index in [2.05, 4.69) is 17.1 Å². The topological polar surface area (TPSA) is 59.2 Å². The Labute approximate surface area is 150 Å². The molecular formula is C20H20FN3O2. The van der Waals surface area contributed by atoms with E-state index in [4.69, 9.17) is 4.52 Å². The third-order valence-corrected chi connectivity index (χ3v) is 5.05. The molecule has 1 atom stereocenters. The van der Waals surface area contributed by atoms with Gasteiger partial charge in [0, 0.05) is 18.2 Å². The summed E-state index contributed by atoms with van der Waals surface area (Å²) in [6.45, 7) is 4.64. The monoisotopic (exact) mass is 353 g/mol. The number of hydrogen-bond donors (Lipinski definition) is 0. The zero-order valence-corrected chi connectivity index (χ0v) is 14.8. The summed E-state index contributed by atoms with van der Waals surface area (Å²) in [6.07, 6.45) is 3.16. The standard InChI is InChI=1S/C20H20FN3O2/c1-12-5-3-4-10-24(12)20(25)16-11-17(14-6-8-15(21)9-7-14)22-19-18(16)13(2)23-26-19/h6-9,11-12H,3-5,10H2,1-2H3. The molecule has 6 heteroatoms. The molecule has 0 N–H and O–H groups in total. The van der Waals surface area contributed by atoms with E-state index in [1.54, 1.807) is 18.2 Å². The van der Waals surface area contributed by atoms with Crippen molar-refractivity contribution in [1.82, 2.24) is 15.0 Å². The van der Waals surface area contributed by atoms with E-state index in [0.717, 1.165) is 31.4 Å². The number of fused-ring (bicyclic) bond motifs is 1. The molecule has 0 radical (unpaired) electrons. The van der Waals surface area contributed by atoms with Crippen LogP contribution in [0.2, 0.25) is 0 Å². The van der Waals surface area contributed by atoms with Gasteiger partial charge in [-0.1, -0.05) is 5.16 Å². The van der Waals surface area contributed by atoms with Crippen LogP contribution in [0.15, 0.2) is 34.9 Å². The third-order valence-electron chi connectivity index (χ3n) is 5.05. The predicted molar refractivity (Wildman–Crippen MR) is 96.3 cm³/mol. The number of benzene rings is 1. The van der Waals surface area contributed by atoms with Crippen molar-refractivity contribution in [2.75, 3.05) is 6.54 Å². The fourth-order valence-corrected chi connectivity index (χ4v) is 3.59. The Morgan fingerprint density at radius 1 is 1.27 bits per heavy atom. The summed E-state index contributed by atoms with van der Waals surface area (Å²) in [5.41, 5.74) is 2.81. The Morgan fingerprint density at radius 3 is 2.77 bits per heavy atom. The van der Waals surface area contributed by atoms with Gasteiger partial charge in [-0.25, -0.2) is 9.37 Å². The van der Waals surface area contributed by atoms with Crippen LogP contribution < -0.4 is 0 Å². The minimum absolute atomic E-state index is 0.0285. The first-order valence-corrected chi connectivity index (χ1v) is 8.88. The Bertz CT molecular complexity index is 965. The van der Waals surface area contributed by atoms with Crippen LogP contribution in [0.4, 0.5) is 4.39 Å². The lowest BCUT2D eigenvalue weighted by Crippen LogP contribution is -2.42. The number of carbonyl (C=O) groups excluding carboxylic acids is 1. The second-order valence-electron chi connectivity index (χ2n) is 6.85. The Kier molecular flexibility index (Phi) is 4.18. The minimum Gasteiger partial charge on any atom is -0.336 e. The van der Waals surface area contributed by atoms with Crippen molar-refractivity contribution < 1.29 is 13.7 Å². The zero-order chi connectivity index (χ0) is 18.3. The first kappa shape index (κ1) is 16.7. The Morgan fingerprint density at radius 2 is 2.04 bits per heavy atom. The van der Waals surface area contributed by atoms with Gasteiger partial charge in [-0.3, -0.25) is 4.79 Å². The highest BCUT2D eigenvalue weighted by Gasteiger charge is 2.28. The highest BCUT2D eigenvalue weighted by atomic mass is 19.1. The average Bonchev–Trinajstić information content (AvgIpc) is 3.02. The van der Waals surface area contributed by atoms with Crippen molar-refractivity contribution in [3.63, 3.8) is 0 Å². The summed E-state index contributed by atoms with van der Waals surface area (Å²) >= 11 is 0. The van der Waals surface area contributed by atoms with Gasteiger partial charge in [-0.15, -0.1) is 0 Å². The lowest BCUT2D eigenvalue weighted by Gasteiger charge is -2.33. The molecule has 0 bridgehead atoms. The molecule has 1 aliphatic rings. The van der Waals surface area contributed by atoms with Gasteiger partial charge in [0.1, 0.15) is 5.82 Å². The van der Waals surface area contributed by atoms with Crippen LogP contribution in [0, 0.1) is 12.7 Å². The van der Waals surface area contributed by atoms with E-state index in [0.29, 0.717) is 28.1 Å². The van der Waals surface area contributed by atoms with Crippen LogP contribution in [-0.2, 0) is 0 Å². The van der Waals surface area contributed by atoms with E-state index < -0.39 is 0 Å². The van der Waals surface area contributed by atoms with Gasteiger partial charge in [-0.05, 0) is 63.4 Å². The normalized spacial score (nSPS) is 17.7. The molecule has 1 saturated heterocycles. The van der Waals surface area contributed by atoms with Gasteiger partial charge >= 0.3 is 0 Å². The second-order valence-corrected chi connectivity index (χ2v) is 6.85. The number of carbonyl (C=O) groups is 1. The number of nitrogens with zero attached hydrogens (tertiary/aromatic N) is 3. The van der Waals surface area contributed by atoms with Gasteiger partial charge in [0.25, 0.3) is 11.6 Å². The maximum absolute atomic E-state index is 13.3. The minimum atomic E-state index is -0.316. The lowest BCUT2D eigenvalue weighted by molar-refractivity contribution is 0.0637. The number of rotatable bonds is 2. The smallest absolute Gasteiger partial charge is 0.259 e. The summed E-state index contributed by atoms with van der Waals surface area (Å²) in [7, 11) is 0. The highest BCUT2D eigenvalue weighted by molar-refractivity contribution is 6.07. The summed E-state index contributed by atoms with van der Waals surface area (Å²) in [5.74, 6) is -0.344. The molecule has 2 aromatic heterocycles. The summed E-state index contributed by atoms with van der Waals surface area (Å²) in [5, 5.41) is 4.64. The summed E-state index contributed by atoms with van der Waals surface area (Å²) < 4.78 is 18.6. The van der Waals surface area contributed by atoms with Gasteiger partial charge in [0.2, 0.25) is 0 Å². The van der Waals surface area contributed by atoms with Crippen LogP contribution in [-0.4, -0.2) is 33.5 Å². The first-order chi connectivity index (χ1) is 12.5. The van der Waals surface area contributed by atoms with Crippen LogP contribution in [0.5, 0.6) is 0 Å². The fourth-order valence-electron chi connectivity index (χ4n) is 3.59. The van der Waals surface area contributed by atoms with Crippen LogP contribution in [0.3, 0.4) is 0 Å². The molecule has 5 nitrogen and oxygen atoms in total. The molecule has 3 aromatic rings. The number of amides is 1. The molecule has 4 rings (SSSR count). The second kappa shape index (κ2) is 6.52. The van der Waals surface area contributed by atoms with Gasteiger partial charge in [-0.2, -0.15) is 0 Å². The quantitative estimate of drug-likeness (QED) is 0.687. The molecule has 1 unspecified atom stereocenters. The highest BCUT2D eigenvalue weighted by Crippen LogP contribution is 2.29.